The lowest BCUT2D eigenvalue weighted by Crippen LogP contribution is -1.96. The molecule has 2 nitrogen and oxygen atoms in total. The summed E-state index contributed by atoms with van der Waals surface area (Å²) in [6.07, 6.45) is 3.33. The van der Waals surface area contributed by atoms with Gasteiger partial charge in [0.2, 0.25) is 0 Å². The number of benzene rings is 1. The number of pyridine rings is 1. The van der Waals surface area contributed by atoms with Crippen molar-refractivity contribution in [3.8, 4) is 5.75 Å². The topological polar surface area (TPSA) is 22.1 Å². The van der Waals surface area contributed by atoms with Gasteiger partial charge in [-0.3, -0.25) is 4.98 Å². The summed E-state index contributed by atoms with van der Waals surface area (Å²) in [7, 11) is 0. The molecular weight excluding hydrogens is 336 g/mol. The minimum atomic E-state index is 0.460. The number of ether oxygens (including phenoxy) is 1. The standard InChI is InChI=1S/C12H9ClINO/c13-12-7-15-6-5-9(12)8-16-11-3-1-10(14)2-4-11/h1-7H,8H2. The van der Waals surface area contributed by atoms with Gasteiger partial charge in [0.1, 0.15) is 12.4 Å². The minimum Gasteiger partial charge on any atom is -0.489 e. The Labute approximate surface area is 113 Å². The first-order valence-corrected chi connectivity index (χ1v) is 6.18. The van der Waals surface area contributed by atoms with E-state index in [9.17, 15) is 0 Å². The molecule has 0 aliphatic rings. The Morgan fingerprint density at radius 1 is 1.19 bits per heavy atom. The van der Waals surface area contributed by atoms with Crippen molar-refractivity contribution in [2.24, 2.45) is 0 Å². The van der Waals surface area contributed by atoms with Crippen molar-refractivity contribution in [1.29, 1.82) is 0 Å². The first-order chi connectivity index (χ1) is 7.75. The Morgan fingerprint density at radius 3 is 2.62 bits per heavy atom. The van der Waals surface area contributed by atoms with Crippen LogP contribution in [0.5, 0.6) is 5.75 Å². The van der Waals surface area contributed by atoms with Gasteiger partial charge in [-0.25, -0.2) is 0 Å². The number of aromatic nitrogens is 1. The van der Waals surface area contributed by atoms with Crippen LogP contribution in [0.15, 0.2) is 42.7 Å². The smallest absolute Gasteiger partial charge is 0.119 e. The lowest BCUT2D eigenvalue weighted by Gasteiger charge is -2.07. The number of nitrogens with zero attached hydrogens (tertiary/aromatic N) is 1. The molecule has 0 amide bonds. The third-order valence-electron chi connectivity index (χ3n) is 2.06. The molecule has 0 spiro atoms. The summed E-state index contributed by atoms with van der Waals surface area (Å²) in [6.45, 7) is 0.460. The average molecular weight is 346 g/mol. The predicted octanol–water partition coefficient (Wildman–Crippen LogP) is 3.92. The Kier molecular flexibility index (Phi) is 4.01. The van der Waals surface area contributed by atoms with Gasteiger partial charge >= 0.3 is 0 Å². The van der Waals surface area contributed by atoms with Crippen molar-refractivity contribution in [1.82, 2.24) is 4.98 Å². The van der Waals surface area contributed by atoms with Gasteiger partial charge in [-0.1, -0.05) is 11.6 Å². The fourth-order valence-corrected chi connectivity index (χ4v) is 1.75. The second kappa shape index (κ2) is 5.50. The van der Waals surface area contributed by atoms with Crippen molar-refractivity contribution in [2.45, 2.75) is 6.61 Å². The molecule has 0 bridgehead atoms. The van der Waals surface area contributed by atoms with E-state index >= 15 is 0 Å². The highest BCUT2D eigenvalue weighted by Crippen LogP contribution is 2.18. The number of hydrogen-bond acceptors (Lipinski definition) is 2. The molecule has 2 rings (SSSR count). The summed E-state index contributed by atoms with van der Waals surface area (Å²) >= 11 is 8.23. The van der Waals surface area contributed by atoms with E-state index in [0.717, 1.165) is 11.3 Å². The Hall–Kier alpha value is -0.810. The van der Waals surface area contributed by atoms with E-state index in [-0.39, 0.29) is 0 Å². The highest BCUT2D eigenvalue weighted by molar-refractivity contribution is 14.1. The molecule has 0 saturated carbocycles. The molecule has 1 aromatic heterocycles. The third-order valence-corrected chi connectivity index (χ3v) is 3.12. The molecule has 1 aromatic carbocycles. The Balaban J connectivity index is 2.02. The molecule has 16 heavy (non-hydrogen) atoms. The summed E-state index contributed by atoms with van der Waals surface area (Å²) < 4.78 is 6.80. The molecule has 4 heteroatoms. The van der Waals surface area contributed by atoms with E-state index in [1.807, 2.05) is 30.3 Å². The van der Waals surface area contributed by atoms with Crippen LogP contribution in [-0.4, -0.2) is 4.98 Å². The fraction of sp³-hybridized carbons (Fsp3) is 0.0833. The molecule has 0 saturated heterocycles. The number of hydrogen-bond donors (Lipinski definition) is 0. The summed E-state index contributed by atoms with van der Waals surface area (Å²) in [5, 5.41) is 0.632. The van der Waals surface area contributed by atoms with E-state index in [1.165, 1.54) is 3.57 Å². The fourth-order valence-electron chi connectivity index (χ4n) is 1.21. The lowest BCUT2D eigenvalue weighted by atomic mass is 10.3. The summed E-state index contributed by atoms with van der Waals surface area (Å²) in [5.74, 6) is 0.841. The lowest BCUT2D eigenvalue weighted by molar-refractivity contribution is 0.306. The SMILES string of the molecule is Clc1cnccc1COc1ccc(I)cc1. The molecule has 2 aromatic rings. The van der Waals surface area contributed by atoms with Gasteiger partial charge in [0, 0.05) is 21.5 Å². The first-order valence-electron chi connectivity index (χ1n) is 4.72. The second-order valence-electron chi connectivity index (χ2n) is 3.21. The van der Waals surface area contributed by atoms with Crippen molar-refractivity contribution in [3.05, 3.63) is 56.9 Å². The molecule has 0 aliphatic carbocycles. The van der Waals surface area contributed by atoms with E-state index < -0.39 is 0 Å². The molecule has 0 aliphatic heterocycles. The van der Waals surface area contributed by atoms with Gasteiger partial charge in [0.15, 0.2) is 0 Å². The largest absolute Gasteiger partial charge is 0.489 e. The normalized spacial score (nSPS) is 10.1. The zero-order valence-electron chi connectivity index (χ0n) is 8.36. The molecule has 0 fully saturated rings. The van der Waals surface area contributed by atoms with Gasteiger partial charge in [0.25, 0.3) is 0 Å². The van der Waals surface area contributed by atoms with Crippen LogP contribution in [0, 0.1) is 3.57 Å². The maximum Gasteiger partial charge on any atom is 0.119 e. The van der Waals surface area contributed by atoms with Crippen LogP contribution >= 0.6 is 34.2 Å². The second-order valence-corrected chi connectivity index (χ2v) is 4.86. The van der Waals surface area contributed by atoms with Gasteiger partial charge in [0.05, 0.1) is 5.02 Å². The third kappa shape index (κ3) is 3.09. The van der Waals surface area contributed by atoms with Crippen LogP contribution in [-0.2, 0) is 6.61 Å². The monoisotopic (exact) mass is 345 g/mol. The molecule has 1 heterocycles. The van der Waals surface area contributed by atoms with Crippen molar-refractivity contribution >= 4 is 34.2 Å². The number of halogens is 2. The van der Waals surface area contributed by atoms with Crippen LogP contribution < -0.4 is 4.74 Å². The predicted molar refractivity (Wildman–Crippen MR) is 72.7 cm³/mol. The maximum atomic E-state index is 5.97. The highest BCUT2D eigenvalue weighted by atomic mass is 127. The van der Waals surface area contributed by atoms with Crippen molar-refractivity contribution < 1.29 is 4.74 Å². The summed E-state index contributed by atoms with van der Waals surface area (Å²) in [6, 6.07) is 9.75. The van der Waals surface area contributed by atoms with Gasteiger partial charge < -0.3 is 4.74 Å². The average Bonchev–Trinajstić information content (AvgIpc) is 2.30. The Morgan fingerprint density at radius 2 is 1.94 bits per heavy atom. The molecule has 82 valence electrons. The molecule has 0 unspecified atom stereocenters. The maximum absolute atomic E-state index is 5.97. The van der Waals surface area contributed by atoms with Crippen LogP contribution in [0.1, 0.15) is 5.56 Å². The van der Waals surface area contributed by atoms with E-state index in [1.54, 1.807) is 12.4 Å². The zero-order valence-corrected chi connectivity index (χ0v) is 11.3. The summed E-state index contributed by atoms with van der Waals surface area (Å²) in [5.41, 5.74) is 0.940. The van der Waals surface area contributed by atoms with Gasteiger partial charge in [-0.05, 0) is 52.9 Å². The van der Waals surface area contributed by atoms with E-state index in [0.29, 0.717) is 11.6 Å². The minimum absolute atomic E-state index is 0.460. The van der Waals surface area contributed by atoms with Crippen LogP contribution in [0.2, 0.25) is 5.02 Å². The molecule has 0 radical (unpaired) electrons. The van der Waals surface area contributed by atoms with Crippen LogP contribution in [0.3, 0.4) is 0 Å². The van der Waals surface area contributed by atoms with E-state index in [2.05, 4.69) is 27.6 Å². The highest BCUT2D eigenvalue weighted by Gasteiger charge is 2.00. The van der Waals surface area contributed by atoms with Gasteiger partial charge in [-0.15, -0.1) is 0 Å². The molecular formula is C12H9ClINO. The van der Waals surface area contributed by atoms with Crippen LogP contribution in [0.25, 0.3) is 0 Å². The first kappa shape index (κ1) is 11.7. The molecule has 0 atom stereocenters. The van der Waals surface area contributed by atoms with Crippen LogP contribution in [0.4, 0.5) is 0 Å². The van der Waals surface area contributed by atoms with E-state index in [4.69, 9.17) is 16.3 Å². The molecule has 0 N–H and O–H groups in total. The zero-order chi connectivity index (χ0) is 11.4. The number of rotatable bonds is 3. The van der Waals surface area contributed by atoms with Crippen molar-refractivity contribution in [3.63, 3.8) is 0 Å². The van der Waals surface area contributed by atoms with Crippen molar-refractivity contribution in [2.75, 3.05) is 0 Å². The summed E-state index contributed by atoms with van der Waals surface area (Å²) in [4.78, 5) is 3.92. The Bertz CT molecular complexity index is 473. The van der Waals surface area contributed by atoms with Gasteiger partial charge in [-0.2, -0.15) is 0 Å². The quantitative estimate of drug-likeness (QED) is 0.787.